The van der Waals surface area contributed by atoms with Crippen LogP contribution in [0, 0.1) is 13.8 Å². The van der Waals surface area contributed by atoms with E-state index in [2.05, 4.69) is 20.1 Å². The molecule has 2 aromatic heterocycles. The minimum Gasteiger partial charge on any atom is -0.321 e. The van der Waals surface area contributed by atoms with Crippen LogP contribution in [0.4, 0.5) is 5.69 Å². The molecule has 3 aromatic rings. The molecule has 0 saturated carbocycles. The number of amides is 1. The average Bonchev–Trinajstić information content (AvgIpc) is 3.06. The van der Waals surface area contributed by atoms with Crippen molar-refractivity contribution in [3.05, 3.63) is 65.6 Å². The third kappa shape index (κ3) is 4.92. The zero-order valence-corrected chi connectivity index (χ0v) is 18.2. The van der Waals surface area contributed by atoms with E-state index in [1.54, 1.807) is 29.9 Å². The SMILES string of the molecule is CCC(C)NS(=O)(=O)c1ccc(C(=O)Nc2ccc(-n3nc(C)cc3C)nc2)cc1. The lowest BCUT2D eigenvalue weighted by Crippen LogP contribution is -2.32. The van der Waals surface area contributed by atoms with E-state index in [4.69, 9.17) is 0 Å². The maximum atomic E-state index is 12.5. The Morgan fingerprint density at radius 2 is 1.83 bits per heavy atom. The monoisotopic (exact) mass is 427 g/mol. The number of nitrogens with zero attached hydrogens (tertiary/aromatic N) is 3. The van der Waals surface area contributed by atoms with Crippen LogP contribution in [0.3, 0.4) is 0 Å². The second-order valence-corrected chi connectivity index (χ2v) is 8.87. The van der Waals surface area contributed by atoms with Gasteiger partial charge in [0.05, 0.1) is 22.5 Å². The average molecular weight is 428 g/mol. The molecule has 0 spiro atoms. The summed E-state index contributed by atoms with van der Waals surface area (Å²) in [6.45, 7) is 7.56. The fraction of sp³-hybridized carbons (Fsp3) is 0.286. The number of hydrogen-bond acceptors (Lipinski definition) is 5. The van der Waals surface area contributed by atoms with Crippen LogP contribution in [0.5, 0.6) is 0 Å². The van der Waals surface area contributed by atoms with Gasteiger partial charge in [0.25, 0.3) is 5.91 Å². The van der Waals surface area contributed by atoms with Gasteiger partial charge in [0, 0.05) is 17.3 Å². The summed E-state index contributed by atoms with van der Waals surface area (Å²) in [4.78, 5) is 17.0. The number of aromatic nitrogens is 3. The van der Waals surface area contributed by atoms with Gasteiger partial charge < -0.3 is 5.32 Å². The van der Waals surface area contributed by atoms with Crippen molar-refractivity contribution in [2.24, 2.45) is 0 Å². The number of sulfonamides is 1. The highest BCUT2D eigenvalue weighted by Crippen LogP contribution is 2.15. The van der Waals surface area contributed by atoms with Crippen molar-refractivity contribution in [3.63, 3.8) is 0 Å². The molecule has 0 bridgehead atoms. The van der Waals surface area contributed by atoms with E-state index in [9.17, 15) is 13.2 Å². The largest absolute Gasteiger partial charge is 0.321 e. The first-order chi connectivity index (χ1) is 14.2. The van der Waals surface area contributed by atoms with E-state index < -0.39 is 10.0 Å². The Hall–Kier alpha value is -3.04. The molecule has 0 aliphatic carbocycles. The van der Waals surface area contributed by atoms with Gasteiger partial charge in [-0.3, -0.25) is 4.79 Å². The van der Waals surface area contributed by atoms with Crippen molar-refractivity contribution in [1.29, 1.82) is 0 Å². The molecular formula is C21H25N5O3S. The summed E-state index contributed by atoms with van der Waals surface area (Å²) in [6, 6.07) is 11.1. The Morgan fingerprint density at radius 3 is 2.37 bits per heavy atom. The van der Waals surface area contributed by atoms with Crippen molar-refractivity contribution in [3.8, 4) is 5.82 Å². The first kappa shape index (κ1) is 21.7. The number of nitrogens with one attached hydrogen (secondary N) is 2. The van der Waals surface area contributed by atoms with Gasteiger partial charge in [-0.1, -0.05) is 6.92 Å². The Morgan fingerprint density at radius 1 is 1.13 bits per heavy atom. The lowest BCUT2D eigenvalue weighted by Gasteiger charge is -2.12. The quantitative estimate of drug-likeness (QED) is 0.602. The van der Waals surface area contributed by atoms with Gasteiger partial charge in [-0.2, -0.15) is 5.10 Å². The highest BCUT2D eigenvalue weighted by atomic mass is 32.2. The number of carbonyl (C=O) groups is 1. The number of pyridine rings is 1. The van der Waals surface area contributed by atoms with Crippen LogP contribution in [0.1, 0.15) is 42.0 Å². The third-order valence-electron chi connectivity index (χ3n) is 4.63. The van der Waals surface area contributed by atoms with Crippen LogP contribution >= 0.6 is 0 Å². The van der Waals surface area contributed by atoms with Crippen LogP contribution in [0.25, 0.3) is 5.82 Å². The molecule has 8 nitrogen and oxygen atoms in total. The standard InChI is InChI=1S/C21H25N5O3S/c1-5-14(2)25-30(28,29)19-9-6-17(7-10-19)21(27)23-18-8-11-20(22-13-18)26-16(4)12-15(3)24-26/h6-14,25H,5H2,1-4H3,(H,23,27). The normalized spacial score (nSPS) is 12.5. The van der Waals surface area contributed by atoms with Crippen molar-refractivity contribution in [1.82, 2.24) is 19.5 Å². The molecular weight excluding hydrogens is 402 g/mol. The van der Waals surface area contributed by atoms with Gasteiger partial charge in [-0.05, 0) is 69.7 Å². The molecule has 2 heterocycles. The van der Waals surface area contributed by atoms with Crippen molar-refractivity contribution in [2.45, 2.75) is 45.1 Å². The number of carbonyl (C=O) groups excluding carboxylic acids is 1. The fourth-order valence-corrected chi connectivity index (χ4v) is 4.18. The zero-order chi connectivity index (χ0) is 21.9. The van der Waals surface area contributed by atoms with Crippen LogP contribution in [-0.2, 0) is 10.0 Å². The second kappa shape index (κ2) is 8.76. The van der Waals surface area contributed by atoms with Gasteiger partial charge in [0.1, 0.15) is 0 Å². The van der Waals surface area contributed by atoms with E-state index in [1.165, 1.54) is 24.3 Å². The summed E-state index contributed by atoms with van der Waals surface area (Å²) < 4.78 is 29.0. The molecule has 2 N–H and O–H groups in total. The molecule has 0 fully saturated rings. The summed E-state index contributed by atoms with van der Waals surface area (Å²) in [7, 11) is -3.61. The zero-order valence-electron chi connectivity index (χ0n) is 17.4. The van der Waals surface area contributed by atoms with E-state index in [0.717, 1.165) is 11.4 Å². The molecule has 1 aromatic carbocycles. The van der Waals surface area contributed by atoms with Gasteiger partial charge in [0.15, 0.2) is 5.82 Å². The maximum absolute atomic E-state index is 12.5. The fourth-order valence-electron chi connectivity index (χ4n) is 2.85. The second-order valence-electron chi connectivity index (χ2n) is 7.15. The molecule has 30 heavy (non-hydrogen) atoms. The molecule has 0 saturated heterocycles. The highest BCUT2D eigenvalue weighted by Gasteiger charge is 2.17. The Balaban J connectivity index is 1.69. The molecule has 1 unspecified atom stereocenters. The van der Waals surface area contributed by atoms with Crippen molar-refractivity contribution >= 4 is 21.6 Å². The molecule has 0 radical (unpaired) electrons. The maximum Gasteiger partial charge on any atom is 0.255 e. The van der Waals surface area contributed by atoms with Gasteiger partial charge >= 0.3 is 0 Å². The smallest absolute Gasteiger partial charge is 0.255 e. The summed E-state index contributed by atoms with van der Waals surface area (Å²) >= 11 is 0. The molecule has 158 valence electrons. The Bertz CT molecular complexity index is 1140. The van der Waals surface area contributed by atoms with Gasteiger partial charge in [-0.15, -0.1) is 0 Å². The van der Waals surface area contributed by atoms with E-state index in [1.807, 2.05) is 26.8 Å². The molecule has 0 aliphatic rings. The van der Waals surface area contributed by atoms with Gasteiger partial charge in [-0.25, -0.2) is 22.8 Å². The Kier molecular flexibility index (Phi) is 6.33. The third-order valence-corrected chi connectivity index (χ3v) is 6.23. The van der Waals surface area contributed by atoms with Crippen LogP contribution in [0.15, 0.2) is 53.6 Å². The predicted molar refractivity (Wildman–Crippen MR) is 115 cm³/mol. The minimum atomic E-state index is -3.61. The van der Waals surface area contributed by atoms with Crippen molar-refractivity contribution < 1.29 is 13.2 Å². The summed E-state index contributed by atoms with van der Waals surface area (Å²) in [5.41, 5.74) is 2.74. The molecule has 3 rings (SSSR count). The highest BCUT2D eigenvalue weighted by molar-refractivity contribution is 7.89. The van der Waals surface area contributed by atoms with Gasteiger partial charge in [0.2, 0.25) is 10.0 Å². The summed E-state index contributed by atoms with van der Waals surface area (Å²) in [6.07, 6.45) is 2.24. The molecule has 1 amide bonds. The van der Waals surface area contributed by atoms with E-state index >= 15 is 0 Å². The topological polar surface area (TPSA) is 106 Å². The first-order valence-corrected chi connectivity index (χ1v) is 11.1. The van der Waals surface area contributed by atoms with Crippen molar-refractivity contribution in [2.75, 3.05) is 5.32 Å². The number of aryl methyl sites for hydroxylation is 2. The van der Waals surface area contributed by atoms with E-state index in [0.29, 0.717) is 23.5 Å². The van der Waals surface area contributed by atoms with E-state index in [-0.39, 0.29) is 16.8 Å². The van der Waals surface area contributed by atoms with Crippen LogP contribution in [-0.4, -0.2) is 35.1 Å². The molecule has 0 aliphatic heterocycles. The Labute approximate surface area is 176 Å². The number of benzene rings is 1. The summed E-state index contributed by atoms with van der Waals surface area (Å²) in [5.74, 6) is 0.302. The molecule has 9 heteroatoms. The number of rotatable bonds is 7. The lowest BCUT2D eigenvalue weighted by molar-refractivity contribution is 0.102. The lowest BCUT2D eigenvalue weighted by atomic mass is 10.2. The predicted octanol–water partition coefficient (Wildman–Crippen LogP) is 3.21. The number of anilines is 1. The molecule has 1 atom stereocenters. The first-order valence-electron chi connectivity index (χ1n) is 9.63. The van der Waals surface area contributed by atoms with Crippen LogP contribution < -0.4 is 10.0 Å². The van der Waals surface area contributed by atoms with Crippen LogP contribution in [0.2, 0.25) is 0 Å². The minimum absolute atomic E-state index is 0.121. The number of hydrogen-bond donors (Lipinski definition) is 2. The summed E-state index contributed by atoms with van der Waals surface area (Å²) in [5, 5.41) is 7.14.